The minimum absolute atomic E-state index is 0.0747. The van der Waals surface area contributed by atoms with Gasteiger partial charge in [-0.15, -0.1) is 0 Å². The Morgan fingerprint density at radius 3 is 2.38 bits per heavy atom. The molecule has 1 saturated heterocycles. The number of nitrogens with zero attached hydrogens (tertiary/aromatic N) is 3. The minimum atomic E-state index is -3.86. The maximum atomic E-state index is 13.0. The number of carbonyl (C=O) groups excluding carboxylic acids is 1. The van der Waals surface area contributed by atoms with E-state index in [0.717, 1.165) is 0 Å². The van der Waals surface area contributed by atoms with Crippen molar-refractivity contribution in [1.82, 2.24) is 14.4 Å². The maximum Gasteiger partial charge on any atom is 0.246 e. The van der Waals surface area contributed by atoms with Gasteiger partial charge in [0.05, 0.1) is 15.7 Å². The molecule has 1 aliphatic heterocycles. The van der Waals surface area contributed by atoms with Gasteiger partial charge >= 0.3 is 0 Å². The molecule has 8 nitrogen and oxygen atoms in total. The smallest absolute Gasteiger partial charge is 0.246 e. The maximum absolute atomic E-state index is 13.0. The van der Waals surface area contributed by atoms with Crippen LogP contribution < -0.4 is 5.32 Å². The number of piperidine rings is 1. The number of aromatic nitrogens is 2. The van der Waals surface area contributed by atoms with Crippen LogP contribution in [0.5, 0.6) is 0 Å². The molecule has 11 heteroatoms. The van der Waals surface area contributed by atoms with E-state index < -0.39 is 10.0 Å². The van der Waals surface area contributed by atoms with Crippen molar-refractivity contribution in [2.75, 3.05) is 18.4 Å². The highest BCUT2D eigenvalue weighted by Gasteiger charge is 2.34. The summed E-state index contributed by atoms with van der Waals surface area (Å²) in [7, 11) is -3.86. The molecule has 4 rings (SSSR count). The zero-order valence-corrected chi connectivity index (χ0v) is 19.4. The first-order valence-corrected chi connectivity index (χ1v) is 12.1. The summed E-state index contributed by atoms with van der Waals surface area (Å²) in [5.74, 6) is 0.276. The van der Waals surface area contributed by atoms with Gasteiger partial charge in [-0.05, 0) is 37.1 Å². The fourth-order valence-electron chi connectivity index (χ4n) is 3.65. The van der Waals surface area contributed by atoms with Gasteiger partial charge in [0.15, 0.2) is 0 Å². The summed E-state index contributed by atoms with van der Waals surface area (Å²) in [5, 5.41) is 6.98. The standard InChI is InChI=1S/C21H20Cl2N4O4S/c1-13-24-20(26-31-13)15-5-2-3-8-18(15)25-21(28)14-9-11-27(12-10-14)32(29,30)19-16(22)6-4-7-17(19)23/h2-8,14H,9-12H2,1H3,(H,25,28). The average molecular weight is 495 g/mol. The molecule has 168 valence electrons. The molecule has 0 aliphatic carbocycles. The second-order valence-electron chi connectivity index (χ2n) is 7.40. The molecule has 0 spiro atoms. The minimum Gasteiger partial charge on any atom is -0.339 e. The number of rotatable bonds is 5. The molecule has 1 amide bonds. The number of anilines is 1. The third-order valence-corrected chi connectivity index (χ3v) is 8.15. The Morgan fingerprint density at radius 1 is 1.09 bits per heavy atom. The molecule has 0 atom stereocenters. The molecule has 3 aromatic rings. The Kier molecular flexibility index (Phi) is 6.52. The summed E-state index contributed by atoms with van der Waals surface area (Å²) < 4.78 is 32.4. The van der Waals surface area contributed by atoms with E-state index in [0.29, 0.717) is 35.8 Å². The van der Waals surface area contributed by atoms with Crippen molar-refractivity contribution in [2.24, 2.45) is 5.92 Å². The molecule has 0 unspecified atom stereocenters. The van der Waals surface area contributed by atoms with Gasteiger partial charge < -0.3 is 9.84 Å². The van der Waals surface area contributed by atoms with Gasteiger partial charge in [-0.2, -0.15) is 9.29 Å². The predicted molar refractivity (Wildman–Crippen MR) is 121 cm³/mol. The fraction of sp³-hybridized carbons (Fsp3) is 0.286. The Balaban J connectivity index is 1.45. The summed E-state index contributed by atoms with van der Waals surface area (Å²) in [4.78, 5) is 17.0. The second kappa shape index (κ2) is 9.19. The molecule has 1 aromatic heterocycles. The highest BCUT2D eigenvalue weighted by Crippen LogP contribution is 2.34. The van der Waals surface area contributed by atoms with Crippen LogP contribution in [0.3, 0.4) is 0 Å². The average Bonchev–Trinajstić information content (AvgIpc) is 3.20. The van der Waals surface area contributed by atoms with E-state index in [9.17, 15) is 13.2 Å². The van der Waals surface area contributed by atoms with Gasteiger partial charge in [0, 0.05) is 31.5 Å². The summed E-state index contributed by atoms with van der Waals surface area (Å²) in [6, 6.07) is 11.7. The first-order chi connectivity index (χ1) is 15.3. The van der Waals surface area contributed by atoms with E-state index in [1.807, 2.05) is 6.07 Å². The first kappa shape index (κ1) is 22.7. The van der Waals surface area contributed by atoms with Crippen molar-refractivity contribution in [1.29, 1.82) is 0 Å². The molecular weight excluding hydrogens is 475 g/mol. The molecule has 0 saturated carbocycles. The summed E-state index contributed by atoms with van der Waals surface area (Å²) in [6.45, 7) is 2.07. The van der Waals surface area contributed by atoms with Crippen LogP contribution >= 0.6 is 23.2 Å². The number of carbonyl (C=O) groups is 1. The molecule has 32 heavy (non-hydrogen) atoms. The van der Waals surface area contributed by atoms with Crippen molar-refractivity contribution in [3.63, 3.8) is 0 Å². The fourth-order valence-corrected chi connectivity index (χ4v) is 6.21. The molecule has 0 radical (unpaired) electrons. The zero-order valence-electron chi connectivity index (χ0n) is 17.1. The normalized spacial score (nSPS) is 15.6. The van der Waals surface area contributed by atoms with Crippen molar-refractivity contribution in [3.05, 3.63) is 58.4 Å². The first-order valence-electron chi connectivity index (χ1n) is 9.92. The zero-order chi connectivity index (χ0) is 22.9. The Morgan fingerprint density at radius 2 is 1.75 bits per heavy atom. The van der Waals surface area contributed by atoms with Crippen molar-refractivity contribution in [3.8, 4) is 11.4 Å². The van der Waals surface area contributed by atoms with Gasteiger partial charge in [0.25, 0.3) is 0 Å². The lowest BCUT2D eigenvalue weighted by atomic mass is 9.97. The summed E-state index contributed by atoms with van der Waals surface area (Å²) in [6.07, 6.45) is 0.743. The van der Waals surface area contributed by atoms with E-state index in [-0.39, 0.29) is 39.9 Å². The number of hydrogen-bond donors (Lipinski definition) is 1. The quantitative estimate of drug-likeness (QED) is 0.563. The molecule has 1 fully saturated rings. The number of nitrogens with one attached hydrogen (secondary N) is 1. The molecular formula is C21H20Cl2N4O4S. The lowest BCUT2D eigenvalue weighted by molar-refractivity contribution is -0.120. The SMILES string of the molecule is Cc1nc(-c2ccccc2NC(=O)C2CCN(S(=O)(=O)c3c(Cl)cccc3Cl)CC2)no1. The second-order valence-corrected chi connectivity index (χ2v) is 10.1. The lowest BCUT2D eigenvalue weighted by Crippen LogP contribution is -2.41. The van der Waals surface area contributed by atoms with E-state index in [4.69, 9.17) is 27.7 Å². The number of benzene rings is 2. The molecule has 2 aromatic carbocycles. The monoisotopic (exact) mass is 494 g/mol. The van der Waals surface area contributed by atoms with E-state index in [2.05, 4.69) is 15.5 Å². The van der Waals surface area contributed by atoms with E-state index >= 15 is 0 Å². The number of sulfonamides is 1. The van der Waals surface area contributed by atoms with Gasteiger partial charge in [-0.1, -0.05) is 46.6 Å². The van der Waals surface area contributed by atoms with Crippen LogP contribution in [0.4, 0.5) is 5.69 Å². The third kappa shape index (κ3) is 4.52. The van der Waals surface area contributed by atoms with Gasteiger partial charge in [-0.3, -0.25) is 4.79 Å². The van der Waals surface area contributed by atoms with Crippen molar-refractivity contribution < 1.29 is 17.7 Å². The van der Waals surface area contributed by atoms with Crippen LogP contribution in [0.1, 0.15) is 18.7 Å². The number of aryl methyl sites for hydroxylation is 1. The number of amides is 1. The van der Waals surface area contributed by atoms with E-state index in [1.54, 1.807) is 31.2 Å². The van der Waals surface area contributed by atoms with Crippen LogP contribution in [0.2, 0.25) is 10.0 Å². The highest BCUT2D eigenvalue weighted by atomic mass is 35.5. The number of para-hydroxylation sites is 1. The van der Waals surface area contributed by atoms with Gasteiger partial charge in [0.2, 0.25) is 27.6 Å². The van der Waals surface area contributed by atoms with Crippen LogP contribution in [0.25, 0.3) is 11.4 Å². The van der Waals surface area contributed by atoms with Crippen LogP contribution in [0.15, 0.2) is 51.9 Å². The Hall–Kier alpha value is -2.46. The summed E-state index contributed by atoms with van der Waals surface area (Å²) >= 11 is 12.2. The number of hydrogen-bond acceptors (Lipinski definition) is 6. The summed E-state index contributed by atoms with van der Waals surface area (Å²) in [5.41, 5.74) is 1.21. The highest BCUT2D eigenvalue weighted by molar-refractivity contribution is 7.89. The third-order valence-electron chi connectivity index (χ3n) is 5.29. The van der Waals surface area contributed by atoms with Crippen LogP contribution in [0, 0.1) is 12.8 Å². The van der Waals surface area contributed by atoms with Crippen LogP contribution in [-0.4, -0.2) is 41.9 Å². The molecule has 0 bridgehead atoms. The van der Waals surface area contributed by atoms with Crippen molar-refractivity contribution in [2.45, 2.75) is 24.7 Å². The molecule has 1 N–H and O–H groups in total. The largest absolute Gasteiger partial charge is 0.339 e. The molecule has 1 aliphatic rings. The molecule has 2 heterocycles. The Labute approximate surface area is 195 Å². The Bertz CT molecular complexity index is 1230. The van der Waals surface area contributed by atoms with Crippen LogP contribution in [-0.2, 0) is 14.8 Å². The lowest BCUT2D eigenvalue weighted by Gasteiger charge is -2.31. The van der Waals surface area contributed by atoms with Crippen molar-refractivity contribution >= 4 is 44.8 Å². The predicted octanol–water partition coefficient (Wildman–Crippen LogP) is 4.39. The topological polar surface area (TPSA) is 105 Å². The van der Waals surface area contributed by atoms with E-state index in [1.165, 1.54) is 16.4 Å². The van der Waals surface area contributed by atoms with Gasteiger partial charge in [0.1, 0.15) is 4.90 Å². The van der Waals surface area contributed by atoms with Gasteiger partial charge in [-0.25, -0.2) is 8.42 Å². The number of halogens is 2.